The van der Waals surface area contributed by atoms with Gasteiger partial charge in [-0.3, -0.25) is 0 Å². The third-order valence-corrected chi connectivity index (χ3v) is 7.12. The molecule has 4 nitrogen and oxygen atoms in total. The van der Waals surface area contributed by atoms with Crippen molar-refractivity contribution in [3.63, 3.8) is 0 Å². The summed E-state index contributed by atoms with van der Waals surface area (Å²) in [5.41, 5.74) is 0.959. The van der Waals surface area contributed by atoms with Crippen molar-refractivity contribution in [1.29, 1.82) is 0 Å². The van der Waals surface area contributed by atoms with E-state index in [1.165, 1.54) is 4.31 Å². The molecule has 0 bridgehead atoms. The molecule has 0 aromatic heterocycles. The number of sulfonamides is 1. The van der Waals surface area contributed by atoms with Crippen molar-refractivity contribution in [3.05, 3.63) is 26.6 Å². The van der Waals surface area contributed by atoms with Crippen molar-refractivity contribution < 1.29 is 13.2 Å². The quantitative estimate of drug-likeness (QED) is 0.700. The number of carbonyl (C=O) groups is 1. The van der Waals surface area contributed by atoms with E-state index < -0.39 is 10.0 Å². The predicted molar refractivity (Wildman–Crippen MR) is 84.1 cm³/mol. The molecule has 1 unspecified atom stereocenters. The second-order valence-electron chi connectivity index (χ2n) is 4.93. The molecule has 1 heterocycles. The molecule has 0 radical (unpaired) electrons. The highest BCUT2D eigenvalue weighted by atomic mass is 79.9. The van der Waals surface area contributed by atoms with Crippen LogP contribution in [0.1, 0.15) is 18.4 Å². The molecule has 1 aliphatic heterocycles. The Hall–Kier alpha value is -0.240. The summed E-state index contributed by atoms with van der Waals surface area (Å²) in [6.45, 7) is 2.63. The number of hydrogen-bond donors (Lipinski definition) is 0. The predicted octanol–water partition coefficient (Wildman–Crippen LogP) is 3.12. The molecule has 1 atom stereocenters. The molecular formula is C13H15Br2NO3S. The molecule has 0 amide bonds. The van der Waals surface area contributed by atoms with E-state index in [-0.39, 0.29) is 17.4 Å². The zero-order valence-corrected chi connectivity index (χ0v) is 15.0. The third kappa shape index (κ3) is 3.16. The summed E-state index contributed by atoms with van der Waals surface area (Å²) in [4.78, 5) is 11.1. The van der Waals surface area contributed by atoms with Crippen LogP contribution in [0, 0.1) is 12.8 Å². The fourth-order valence-electron chi connectivity index (χ4n) is 2.27. The van der Waals surface area contributed by atoms with Crippen molar-refractivity contribution in [2.75, 3.05) is 13.1 Å². The molecule has 0 N–H and O–H groups in total. The molecule has 110 valence electrons. The van der Waals surface area contributed by atoms with Crippen molar-refractivity contribution in [3.8, 4) is 0 Å². The number of benzene rings is 1. The van der Waals surface area contributed by atoms with E-state index in [4.69, 9.17) is 0 Å². The van der Waals surface area contributed by atoms with Gasteiger partial charge in [-0.05, 0) is 53.4 Å². The summed E-state index contributed by atoms with van der Waals surface area (Å²) in [5, 5.41) is 0. The Morgan fingerprint density at radius 2 is 2.00 bits per heavy atom. The molecule has 1 aromatic rings. The summed E-state index contributed by atoms with van der Waals surface area (Å²) in [5.74, 6) is -0.203. The minimum absolute atomic E-state index is 0.203. The highest BCUT2D eigenvalue weighted by molar-refractivity contribution is 9.11. The molecule has 1 saturated heterocycles. The van der Waals surface area contributed by atoms with Crippen LogP contribution in [0.15, 0.2) is 26.0 Å². The van der Waals surface area contributed by atoms with Crippen LogP contribution in [0.3, 0.4) is 0 Å². The standard InChI is InChI=1S/C13H15Br2NO3S/c1-9-5-12(15)13(6-11(9)14)20(18,19)16-4-2-3-10(7-16)8-17/h5-6,8,10H,2-4,7H2,1H3. The highest BCUT2D eigenvalue weighted by Gasteiger charge is 2.31. The summed E-state index contributed by atoms with van der Waals surface area (Å²) < 4.78 is 28.1. The van der Waals surface area contributed by atoms with E-state index >= 15 is 0 Å². The molecule has 0 aliphatic carbocycles. The van der Waals surface area contributed by atoms with Crippen molar-refractivity contribution in [2.24, 2.45) is 5.92 Å². The van der Waals surface area contributed by atoms with Crippen LogP contribution < -0.4 is 0 Å². The molecule has 20 heavy (non-hydrogen) atoms. The summed E-state index contributed by atoms with van der Waals surface area (Å²) in [7, 11) is -3.58. The Morgan fingerprint density at radius 3 is 2.65 bits per heavy atom. The lowest BCUT2D eigenvalue weighted by molar-refractivity contribution is -0.112. The van der Waals surface area contributed by atoms with Gasteiger partial charge in [0.2, 0.25) is 10.0 Å². The maximum absolute atomic E-state index is 12.7. The Labute approximate surface area is 135 Å². The smallest absolute Gasteiger partial charge is 0.244 e. The number of aldehydes is 1. The van der Waals surface area contributed by atoms with E-state index in [0.717, 1.165) is 22.7 Å². The Morgan fingerprint density at radius 1 is 1.30 bits per heavy atom. The van der Waals surface area contributed by atoms with Crippen LogP contribution in [-0.4, -0.2) is 32.1 Å². The van der Waals surface area contributed by atoms with Gasteiger partial charge in [0.25, 0.3) is 0 Å². The van der Waals surface area contributed by atoms with Gasteiger partial charge in [0, 0.05) is 28.0 Å². The van der Waals surface area contributed by atoms with Crippen LogP contribution in [0.2, 0.25) is 0 Å². The minimum Gasteiger partial charge on any atom is -0.303 e. The molecule has 1 fully saturated rings. The maximum Gasteiger partial charge on any atom is 0.244 e. The van der Waals surface area contributed by atoms with E-state index in [1.54, 1.807) is 12.1 Å². The molecule has 0 spiro atoms. The van der Waals surface area contributed by atoms with Crippen molar-refractivity contribution >= 4 is 48.2 Å². The largest absolute Gasteiger partial charge is 0.303 e. The van der Waals surface area contributed by atoms with Gasteiger partial charge in [0.15, 0.2) is 0 Å². The van der Waals surface area contributed by atoms with Crippen LogP contribution in [0.25, 0.3) is 0 Å². The Kier molecular flexibility index (Phi) is 5.05. The van der Waals surface area contributed by atoms with Gasteiger partial charge in [-0.2, -0.15) is 4.31 Å². The fraction of sp³-hybridized carbons (Fsp3) is 0.462. The Bertz CT molecular complexity index is 631. The number of nitrogens with zero attached hydrogens (tertiary/aromatic N) is 1. The molecule has 2 rings (SSSR count). The first kappa shape index (κ1) is 16.1. The molecule has 0 saturated carbocycles. The molecular weight excluding hydrogens is 410 g/mol. The van der Waals surface area contributed by atoms with Gasteiger partial charge in [-0.25, -0.2) is 8.42 Å². The second-order valence-corrected chi connectivity index (χ2v) is 8.55. The summed E-state index contributed by atoms with van der Waals surface area (Å²) in [6, 6.07) is 3.39. The van der Waals surface area contributed by atoms with Gasteiger partial charge >= 0.3 is 0 Å². The molecule has 1 aliphatic rings. The number of carbonyl (C=O) groups excluding carboxylic acids is 1. The monoisotopic (exact) mass is 423 g/mol. The average Bonchev–Trinajstić information content (AvgIpc) is 2.42. The van der Waals surface area contributed by atoms with Crippen LogP contribution >= 0.6 is 31.9 Å². The first-order chi connectivity index (χ1) is 9.36. The minimum atomic E-state index is -3.58. The van der Waals surface area contributed by atoms with Gasteiger partial charge in [-0.15, -0.1) is 0 Å². The van der Waals surface area contributed by atoms with Crippen LogP contribution in [0.5, 0.6) is 0 Å². The van der Waals surface area contributed by atoms with Crippen LogP contribution in [0.4, 0.5) is 0 Å². The number of hydrogen-bond acceptors (Lipinski definition) is 3. The van der Waals surface area contributed by atoms with Gasteiger partial charge in [0.1, 0.15) is 6.29 Å². The van der Waals surface area contributed by atoms with Crippen LogP contribution in [-0.2, 0) is 14.8 Å². The van der Waals surface area contributed by atoms with Crippen molar-refractivity contribution in [1.82, 2.24) is 4.31 Å². The lowest BCUT2D eigenvalue weighted by Crippen LogP contribution is -2.40. The zero-order valence-electron chi connectivity index (χ0n) is 11.0. The number of halogens is 2. The lowest BCUT2D eigenvalue weighted by atomic mass is 10.0. The SMILES string of the molecule is Cc1cc(Br)c(S(=O)(=O)N2CCCC(C=O)C2)cc1Br. The van der Waals surface area contributed by atoms with E-state index in [1.807, 2.05) is 6.92 Å². The maximum atomic E-state index is 12.7. The topological polar surface area (TPSA) is 54.5 Å². The van der Waals surface area contributed by atoms with E-state index in [0.29, 0.717) is 17.4 Å². The Balaban J connectivity index is 2.40. The first-order valence-corrected chi connectivity index (χ1v) is 9.30. The first-order valence-electron chi connectivity index (χ1n) is 6.27. The summed E-state index contributed by atoms with van der Waals surface area (Å²) in [6.07, 6.45) is 2.32. The van der Waals surface area contributed by atoms with E-state index in [2.05, 4.69) is 31.9 Å². The van der Waals surface area contributed by atoms with Gasteiger partial charge < -0.3 is 4.79 Å². The zero-order chi connectivity index (χ0) is 14.9. The molecule has 7 heteroatoms. The summed E-state index contributed by atoms with van der Waals surface area (Å²) >= 11 is 6.68. The normalized spacial score (nSPS) is 20.9. The second kappa shape index (κ2) is 6.25. The van der Waals surface area contributed by atoms with Crippen molar-refractivity contribution in [2.45, 2.75) is 24.7 Å². The highest BCUT2D eigenvalue weighted by Crippen LogP contribution is 2.32. The van der Waals surface area contributed by atoms with Gasteiger partial charge in [-0.1, -0.05) is 15.9 Å². The lowest BCUT2D eigenvalue weighted by Gasteiger charge is -2.29. The number of rotatable bonds is 3. The average molecular weight is 425 g/mol. The fourth-order valence-corrected chi connectivity index (χ4v) is 5.44. The third-order valence-electron chi connectivity index (χ3n) is 3.44. The number of piperidine rings is 1. The number of aryl methyl sites for hydroxylation is 1. The van der Waals surface area contributed by atoms with Gasteiger partial charge in [0.05, 0.1) is 4.90 Å². The molecule has 1 aromatic carbocycles. The van der Waals surface area contributed by atoms with E-state index in [9.17, 15) is 13.2 Å².